The maximum atomic E-state index is 13.3. The van der Waals surface area contributed by atoms with Crippen LogP contribution in [0.4, 0.5) is 0 Å². The highest BCUT2D eigenvalue weighted by molar-refractivity contribution is 5.79. The van der Waals surface area contributed by atoms with E-state index in [1.165, 1.54) is 5.56 Å². The molecular formula is C33H48N2O4. The monoisotopic (exact) mass is 536 g/mol. The van der Waals surface area contributed by atoms with Gasteiger partial charge in [-0.3, -0.25) is 4.79 Å². The van der Waals surface area contributed by atoms with Crippen molar-refractivity contribution in [3.63, 3.8) is 0 Å². The van der Waals surface area contributed by atoms with Gasteiger partial charge < -0.3 is 24.4 Å². The summed E-state index contributed by atoms with van der Waals surface area (Å²) in [5.74, 6) is 4.07. The van der Waals surface area contributed by atoms with Gasteiger partial charge in [-0.2, -0.15) is 0 Å². The summed E-state index contributed by atoms with van der Waals surface area (Å²) in [5, 5.41) is 3.66. The fourth-order valence-electron chi connectivity index (χ4n) is 5.87. The molecule has 2 aromatic carbocycles. The lowest BCUT2D eigenvalue weighted by Crippen LogP contribution is -2.40. The number of methoxy groups -OCH3 is 2. The van der Waals surface area contributed by atoms with Crippen LogP contribution in [0.1, 0.15) is 50.7 Å². The van der Waals surface area contributed by atoms with Gasteiger partial charge in [0, 0.05) is 32.7 Å². The first-order valence-corrected chi connectivity index (χ1v) is 14.8. The summed E-state index contributed by atoms with van der Waals surface area (Å²) in [6.45, 7) is 8.89. The minimum Gasteiger partial charge on any atom is -0.493 e. The SMILES string of the molecule is COCCCOc1cc(CC(C[C@@H]2CNC[C@H]2CN(C(=O)Cc2ccccc2)C2CC2)C(C)C)ccc1OC. The van der Waals surface area contributed by atoms with Gasteiger partial charge in [-0.25, -0.2) is 0 Å². The van der Waals surface area contributed by atoms with E-state index in [1.54, 1.807) is 14.2 Å². The lowest BCUT2D eigenvalue weighted by atomic mass is 9.78. The van der Waals surface area contributed by atoms with Gasteiger partial charge in [0.05, 0.1) is 20.1 Å². The van der Waals surface area contributed by atoms with Crippen LogP contribution in [0.3, 0.4) is 0 Å². The highest BCUT2D eigenvalue weighted by atomic mass is 16.5. The molecule has 0 bridgehead atoms. The number of amides is 1. The Hall–Kier alpha value is -2.57. The summed E-state index contributed by atoms with van der Waals surface area (Å²) in [7, 11) is 3.40. The number of hydrogen-bond donors (Lipinski definition) is 1. The van der Waals surface area contributed by atoms with Crippen LogP contribution in [0, 0.1) is 23.7 Å². The van der Waals surface area contributed by atoms with Crippen molar-refractivity contribution in [3.8, 4) is 11.5 Å². The number of carbonyl (C=O) groups excluding carboxylic acids is 1. The van der Waals surface area contributed by atoms with Crippen LogP contribution >= 0.6 is 0 Å². The van der Waals surface area contributed by atoms with Crippen LogP contribution in [0.5, 0.6) is 11.5 Å². The van der Waals surface area contributed by atoms with Crippen molar-refractivity contribution in [1.29, 1.82) is 0 Å². The van der Waals surface area contributed by atoms with Crippen molar-refractivity contribution in [2.24, 2.45) is 23.7 Å². The zero-order chi connectivity index (χ0) is 27.6. The second kappa shape index (κ2) is 14.7. The van der Waals surface area contributed by atoms with E-state index in [0.717, 1.165) is 68.8 Å². The van der Waals surface area contributed by atoms with Crippen molar-refractivity contribution in [2.45, 2.75) is 58.4 Å². The number of benzene rings is 2. The summed E-state index contributed by atoms with van der Waals surface area (Å²) >= 11 is 0. The van der Waals surface area contributed by atoms with Gasteiger partial charge in [0.15, 0.2) is 11.5 Å². The Labute approximate surface area is 235 Å². The number of ether oxygens (including phenoxy) is 3. The summed E-state index contributed by atoms with van der Waals surface area (Å²) < 4.78 is 16.8. The molecule has 0 spiro atoms. The van der Waals surface area contributed by atoms with Gasteiger partial charge in [0.2, 0.25) is 5.91 Å². The summed E-state index contributed by atoms with van der Waals surface area (Å²) in [6.07, 6.45) is 5.82. The van der Waals surface area contributed by atoms with Crippen LogP contribution in [0.25, 0.3) is 0 Å². The van der Waals surface area contributed by atoms with Crippen LogP contribution in [-0.4, -0.2) is 63.9 Å². The fraction of sp³-hybridized carbons (Fsp3) is 0.606. The van der Waals surface area contributed by atoms with Crippen molar-refractivity contribution in [3.05, 3.63) is 59.7 Å². The van der Waals surface area contributed by atoms with E-state index >= 15 is 0 Å². The molecule has 2 aromatic rings. The first kappa shape index (κ1) is 29.4. The first-order chi connectivity index (χ1) is 19.0. The number of nitrogens with one attached hydrogen (secondary N) is 1. The standard InChI is InChI=1S/C33H48N2O4/c1-24(2)27(17-26-11-14-31(38-4)32(18-26)39-16-8-15-37-3)20-28-21-34-22-29(28)23-35(30-12-13-30)33(36)19-25-9-6-5-7-10-25/h5-7,9-11,14,18,24,27-30,34H,8,12-13,15-17,19-23H2,1-4H3/t27?,28-,29+/m1/s1. The molecule has 0 radical (unpaired) electrons. The van der Waals surface area contributed by atoms with Crippen LogP contribution in [-0.2, 0) is 22.4 Å². The molecule has 1 unspecified atom stereocenters. The first-order valence-electron chi connectivity index (χ1n) is 14.8. The van der Waals surface area contributed by atoms with E-state index in [9.17, 15) is 4.79 Å². The maximum absolute atomic E-state index is 13.3. The quantitative estimate of drug-likeness (QED) is 0.292. The molecule has 1 aliphatic heterocycles. The highest BCUT2D eigenvalue weighted by Crippen LogP contribution is 2.35. The second-order valence-electron chi connectivity index (χ2n) is 11.7. The Morgan fingerprint density at radius 3 is 2.44 bits per heavy atom. The molecule has 1 aliphatic carbocycles. The average molecular weight is 537 g/mol. The van der Waals surface area contributed by atoms with Crippen molar-refractivity contribution in [1.82, 2.24) is 10.2 Å². The normalized spacial score (nSPS) is 19.7. The van der Waals surface area contributed by atoms with Crippen molar-refractivity contribution in [2.75, 3.05) is 47.1 Å². The van der Waals surface area contributed by atoms with Crippen LogP contribution in [0.15, 0.2) is 48.5 Å². The third-order valence-corrected chi connectivity index (χ3v) is 8.44. The predicted octanol–water partition coefficient (Wildman–Crippen LogP) is 5.38. The molecule has 4 rings (SSSR count). The molecule has 2 aliphatic rings. The van der Waals surface area contributed by atoms with Gasteiger partial charge in [-0.1, -0.05) is 50.2 Å². The average Bonchev–Trinajstić information content (AvgIpc) is 3.69. The van der Waals surface area contributed by atoms with Gasteiger partial charge in [-0.05, 0) is 85.7 Å². The third kappa shape index (κ3) is 8.71. The van der Waals surface area contributed by atoms with E-state index in [0.29, 0.717) is 49.3 Å². The molecule has 1 amide bonds. The number of hydrogen-bond acceptors (Lipinski definition) is 5. The molecule has 0 aromatic heterocycles. The Bertz CT molecular complexity index is 1020. The zero-order valence-corrected chi connectivity index (χ0v) is 24.4. The minimum atomic E-state index is 0.283. The molecule has 1 N–H and O–H groups in total. The molecule has 39 heavy (non-hydrogen) atoms. The number of carbonyl (C=O) groups is 1. The van der Waals surface area contributed by atoms with Crippen molar-refractivity contribution < 1.29 is 19.0 Å². The maximum Gasteiger partial charge on any atom is 0.227 e. The van der Waals surface area contributed by atoms with Gasteiger partial charge in [0.25, 0.3) is 0 Å². The van der Waals surface area contributed by atoms with E-state index in [2.05, 4.69) is 48.3 Å². The molecule has 1 heterocycles. The smallest absolute Gasteiger partial charge is 0.227 e. The molecule has 1 saturated heterocycles. The Morgan fingerprint density at radius 1 is 0.974 bits per heavy atom. The lowest BCUT2D eigenvalue weighted by molar-refractivity contribution is -0.131. The molecule has 6 heteroatoms. The lowest BCUT2D eigenvalue weighted by Gasteiger charge is -2.31. The molecule has 214 valence electrons. The summed E-state index contributed by atoms with van der Waals surface area (Å²) in [4.78, 5) is 15.5. The highest BCUT2D eigenvalue weighted by Gasteiger charge is 2.38. The third-order valence-electron chi connectivity index (χ3n) is 8.44. The van der Waals surface area contributed by atoms with Crippen LogP contribution < -0.4 is 14.8 Å². The van der Waals surface area contributed by atoms with Gasteiger partial charge >= 0.3 is 0 Å². The van der Waals surface area contributed by atoms with Gasteiger partial charge in [0.1, 0.15) is 0 Å². The molecule has 6 nitrogen and oxygen atoms in total. The summed E-state index contributed by atoms with van der Waals surface area (Å²) in [6, 6.07) is 17.0. The van der Waals surface area contributed by atoms with E-state index < -0.39 is 0 Å². The fourth-order valence-corrected chi connectivity index (χ4v) is 5.87. The largest absolute Gasteiger partial charge is 0.493 e. The van der Waals surface area contributed by atoms with E-state index in [4.69, 9.17) is 14.2 Å². The zero-order valence-electron chi connectivity index (χ0n) is 24.4. The topological polar surface area (TPSA) is 60.0 Å². The van der Waals surface area contributed by atoms with Gasteiger partial charge in [-0.15, -0.1) is 0 Å². The molecule has 3 atom stereocenters. The Kier molecular flexibility index (Phi) is 11.1. The van der Waals surface area contributed by atoms with Crippen LogP contribution in [0.2, 0.25) is 0 Å². The minimum absolute atomic E-state index is 0.283. The second-order valence-corrected chi connectivity index (χ2v) is 11.7. The summed E-state index contributed by atoms with van der Waals surface area (Å²) in [5.41, 5.74) is 2.40. The molecule has 1 saturated carbocycles. The van der Waals surface area contributed by atoms with E-state index in [-0.39, 0.29) is 5.91 Å². The number of rotatable bonds is 16. The number of nitrogens with zero attached hydrogens (tertiary/aromatic N) is 1. The predicted molar refractivity (Wildman–Crippen MR) is 156 cm³/mol. The van der Waals surface area contributed by atoms with E-state index in [1.807, 2.05) is 24.3 Å². The Morgan fingerprint density at radius 2 is 1.74 bits per heavy atom. The molecular weight excluding hydrogens is 488 g/mol. The van der Waals surface area contributed by atoms with Crippen molar-refractivity contribution >= 4 is 5.91 Å². The Balaban J connectivity index is 1.38. The molecule has 2 fully saturated rings.